The Hall–Kier alpha value is 0.532. The van der Waals surface area contributed by atoms with Crippen molar-refractivity contribution in [3.05, 3.63) is 0 Å². The number of rotatable bonds is 3. The van der Waals surface area contributed by atoms with Gasteiger partial charge in [0, 0.05) is 0 Å². The summed E-state index contributed by atoms with van der Waals surface area (Å²) in [6.07, 6.45) is 1.39. The lowest BCUT2D eigenvalue weighted by Gasteiger charge is -1.82. The molecule has 35 valence electrons. The highest BCUT2D eigenvalue weighted by molar-refractivity contribution is 6.35. The van der Waals surface area contributed by atoms with Gasteiger partial charge in [-0.25, -0.2) is 0 Å². The van der Waals surface area contributed by atoms with Crippen molar-refractivity contribution in [2.75, 3.05) is 0 Å². The standard InChI is InChI=1S/C3H7.C2H5.Al/c1-3-2;1-2;/h1,3H2,2H3;1H2,2H3;. The molecule has 0 aromatic carbocycles. The van der Waals surface area contributed by atoms with Gasteiger partial charge >= 0.3 is 0 Å². The molecule has 0 heterocycles. The van der Waals surface area contributed by atoms with Gasteiger partial charge in [-0.2, -0.15) is 0 Å². The summed E-state index contributed by atoms with van der Waals surface area (Å²) in [4.78, 5) is 0. The molecule has 0 aliphatic heterocycles. The Morgan fingerprint density at radius 2 is 2.00 bits per heavy atom. The largest absolute Gasteiger partial charge is 0.199 e. The van der Waals surface area contributed by atoms with Gasteiger partial charge in [0.15, 0.2) is 15.2 Å². The van der Waals surface area contributed by atoms with E-state index in [2.05, 4.69) is 13.8 Å². The van der Waals surface area contributed by atoms with Crippen molar-refractivity contribution in [1.82, 2.24) is 0 Å². The molecule has 0 unspecified atom stereocenters. The molecule has 0 spiro atoms. The summed E-state index contributed by atoms with van der Waals surface area (Å²) in [6, 6.07) is 0. The zero-order valence-corrected chi connectivity index (χ0v) is 5.85. The van der Waals surface area contributed by atoms with Gasteiger partial charge in [-0.05, 0) is 0 Å². The minimum Gasteiger partial charge on any atom is -0.106 e. The molecule has 0 aromatic heterocycles. The van der Waals surface area contributed by atoms with Gasteiger partial charge in [-0.1, -0.05) is 20.3 Å². The Morgan fingerprint density at radius 1 is 1.33 bits per heavy atom. The fourth-order valence-corrected chi connectivity index (χ4v) is 1.22. The summed E-state index contributed by atoms with van der Waals surface area (Å²) in [5.74, 6) is 0. The predicted octanol–water partition coefficient (Wildman–Crippen LogP) is 1.96. The Kier molecular flexibility index (Phi) is 6.02. The summed E-state index contributed by atoms with van der Waals surface area (Å²) in [6.45, 7) is 4.52. The van der Waals surface area contributed by atoms with Gasteiger partial charge in [-0.3, -0.25) is 0 Å². The van der Waals surface area contributed by atoms with Gasteiger partial charge in [0.1, 0.15) is 0 Å². The summed E-state index contributed by atoms with van der Waals surface area (Å²) < 4.78 is 0. The molecule has 0 amide bonds. The van der Waals surface area contributed by atoms with Crippen LogP contribution in [0.2, 0.25) is 10.6 Å². The SMILES string of the molecule is CC[CH2][Al][CH2]C. The predicted molar refractivity (Wildman–Crippen MR) is 31.3 cm³/mol. The second-order valence-electron chi connectivity index (χ2n) is 1.49. The molecule has 0 bridgehead atoms. The fourth-order valence-electron chi connectivity index (χ4n) is 0.408. The van der Waals surface area contributed by atoms with Crippen molar-refractivity contribution in [1.29, 1.82) is 0 Å². The first-order valence-corrected chi connectivity index (χ1v) is 4.36. The van der Waals surface area contributed by atoms with Crippen LogP contribution in [0.5, 0.6) is 0 Å². The molecule has 6 heavy (non-hydrogen) atoms. The monoisotopic (exact) mass is 99.1 g/mol. The third-order valence-electron chi connectivity index (χ3n) is 0.781. The van der Waals surface area contributed by atoms with Crippen LogP contribution in [0.3, 0.4) is 0 Å². The van der Waals surface area contributed by atoms with Crippen LogP contribution in [0.1, 0.15) is 20.3 Å². The molecule has 0 aliphatic carbocycles. The van der Waals surface area contributed by atoms with Crippen LogP contribution in [0.4, 0.5) is 0 Å². The zero-order chi connectivity index (χ0) is 4.83. The van der Waals surface area contributed by atoms with E-state index in [0.29, 0.717) is 0 Å². The van der Waals surface area contributed by atoms with E-state index in [9.17, 15) is 0 Å². The van der Waals surface area contributed by atoms with Crippen molar-refractivity contribution in [3.63, 3.8) is 0 Å². The highest BCUT2D eigenvalue weighted by Crippen LogP contribution is 1.86. The molecular formula is C5H12Al. The van der Waals surface area contributed by atoms with E-state index in [4.69, 9.17) is 0 Å². The fraction of sp³-hybridized carbons (Fsp3) is 1.00. The van der Waals surface area contributed by atoms with Crippen LogP contribution in [-0.4, -0.2) is 15.2 Å². The number of hydrogen-bond donors (Lipinski definition) is 0. The minimum absolute atomic E-state index is 0.818. The molecule has 0 fully saturated rings. The average molecular weight is 99.1 g/mol. The molecular weight excluding hydrogens is 87.0 g/mol. The molecule has 1 heteroatoms. The van der Waals surface area contributed by atoms with Crippen LogP contribution in [0, 0.1) is 0 Å². The lowest BCUT2D eigenvalue weighted by atomic mass is 10.6. The van der Waals surface area contributed by atoms with Crippen molar-refractivity contribution < 1.29 is 0 Å². The van der Waals surface area contributed by atoms with E-state index >= 15 is 0 Å². The molecule has 0 rings (SSSR count). The molecule has 0 saturated heterocycles. The van der Waals surface area contributed by atoms with Gasteiger partial charge < -0.3 is 0 Å². The van der Waals surface area contributed by atoms with Crippen LogP contribution in [0.15, 0.2) is 0 Å². The zero-order valence-electron chi connectivity index (χ0n) is 4.70. The summed E-state index contributed by atoms with van der Waals surface area (Å²) in [7, 11) is 0. The van der Waals surface area contributed by atoms with E-state index < -0.39 is 0 Å². The topological polar surface area (TPSA) is 0 Å². The van der Waals surface area contributed by atoms with Gasteiger partial charge in [0.05, 0.1) is 0 Å². The Morgan fingerprint density at radius 3 is 2.17 bits per heavy atom. The molecule has 0 nitrogen and oxygen atoms in total. The average Bonchev–Trinajstić information content (AvgIpc) is 1.61. The maximum absolute atomic E-state index is 2.27. The first-order chi connectivity index (χ1) is 2.91. The van der Waals surface area contributed by atoms with Gasteiger partial charge in [0.25, 0.3) is 0 Å². The first-order valence-electron chi connectivity index (χ1n) is 2.73. The van der Waals surface area contributed by atoms with Crippen molar-refractivity contribution in [3.8, 4) is 0 Å². The molecule has 1 radical (unpaired) electrons. The molecule has 0 saturated carbocycles. The molecule has 0 aliphatic rings. The summed E-state index contributed by atoms with van der Waals surface area (Å²) >= 11 is 0.818. The third-order valence-corrected chi connectivity index (χ3v) is 2.34. The Labute approximate surface area is 46.7 Å². The Balaban J connectivity index is 2.34. The second kappa shape index (κ2) is 5.53. The van der Waals surface area contributed by atoms with Crippen LogP contribution in [0.25, 0.3) is 0 Å². The molecule has 0 aromatic rings. The van der Waals surface area contributed by atoms with E-state index in [1.807, 2.05) is 0 Å². The number of hydrogen-bond acceptors (Lipinski definition) is 0. The molecule has 0 atom stereocenters. The molecule has 0 N–H and O–H groups in total. The quantitative estimate of drug-likeness (QED) is 0.375. The van der Waals surface area contributed by atoms with E-state index in [1.165, 1.54) is 17.0 Å². The maximum atomic E-state index is 2.27. The summed E-state index contributed by atoms with van der Waals surface area (Å²) in [5, 5.41) is 2.93. The van der Waals surface area contributed by atoms with Crippen LogP contribution in [-0.2, 0) is 0 Å². The van der Waals surface area contributed by atoms with E-state index in [-0.39, 0.29) is 0 Å². The van der Waals surface area contributed by atoms with Gasteiger partial charge in [0.2, 0.25) is 0 Å². The minimum atomic E-state index is 0.818. The van der Waals surface area contributed by atoms with Gasteiger partial charge in [-0.15, -0.1) is 10.6 Å². The van der Waals surface area contributed by atoms with Crippen LogP contribution < -0.4 is 0 Å². The highest BCUT2D eigenvalue weighted by Gasteiger charge is 1.80. The lowest BCUT2D eigenvalue weighted by molar-refractivity contribution is 1.07. The normalized spacial score (nSPS) is 8.33. The third kappa shape index (κ3) is 4.53. The van der Waals surface area contributed by atoms with Crippen molar-refractivity contribution >= 4 is 15.2 Å². The van der Waals surface area contributed by atoms with E-state index in [0.717, 1.165) is 15.2 Å². The van der Waals surface area contributed by atoms with Crippen LogP contribution >= 0.6 is 0 Å². The smallest absolute Gasteiger partial charge is 0.106 e. The lowest BCUT2D eigenvalue weighted by Crippen LogP contribution is -1.80. The first kappa shape index (κ1) is 6.53. The maximum Gasteiger partial charge on any atom is 0.199 e. The second-order valence-corrected chi connectivity index (χ2v) is 3.46. The Bertz CT molecular complexity index is 15.9. The highest BCUT2D eigenvalue weighted by atomic mass is 27.1. The van der Waals surface area contributed by atoms with Crippen molar-refractivity contribution in [2.45, 2.75) is 30.8 Å². The van der Waals surface area contributed by atoms with E-state index in [1.54, 1.807) is 0 Å². The summed E-state index contributed by atoms with van der Waals surface area (Å²) in [5.41, 5.74) is 0. The van der Waals surface area contributed by atoms with Crippen molar-refractivity contribution in [2.24, 2.45) is 0 Å².